The Bertz CT molecular complexity index is 830. The van der Waals surface area contributed by atoms with Crippen molar-refractivity contribution in [1.29, 1.82) is 5.26 Å². The summed E-state index contributed by atoms with van der Waals surface area (Å²) < 4.78 is 0. The van der Waals surface area contributed by atoms with Crippen molar-refractivity contribution < 1.29 is 9.59 Å². The van der Waals surface area contributed by atoms with E-state index in [9.17, 15) is 9.59 Å². The van der Waals surface area contributed by atoms with Crippen LogP contribution in [0.15, 0.2) is 54.6 Å². The van der Waals surface area contributed by atoms with Crippen molar-refractivity contribution in [3.05, 3.63) is 65.7 Å². The van der Waals surface area contributed by atoms with Crippen molar-refractivity contribution >= 4 is 17.5 Å². The van der Waals surface area contributed by atoms with Crippen molar-refractivity contribution in [3.8, 4) is 6.07 Å². The second-order valence-corrected chi connectivity index (χ2v) is 6.63. The molecule has 0 radical (unpaired) electrons. The van der Waals surface area contributed by atoms with Gasteiger partial charge in [0.2, 0.25) is 11.8 Å². The fourth-order valence-corrected chi connectivity index (χ4v) is 2.94. The fourth-order valence-electron chi connectivity index (χ4n) is 2.94. The van der Waals surface area contributed by atoms with E-state index in [4.69, 9.17) is 5.26 Å². The molecule has 2 aromatic carbocycles. The zero-order valence-corrected chi connectivity index (χ0v) is 16.3. The molecule has 2 amide bonds. The van der Waals surface area contributed by atoms with E-state index in [1.807, 2.05) is 67.6 Å². The number of nitrogens with zero attached hydrogens (tertiary/aromatic N) is 2. The van der Waals surface area contributed by atoms with Gasteiger partial charge in [0.15, 0.2) is 0 Å². The van der Waals surface area contributed by atoms with Crippen LogP contribution in [-0.4, -0.2) is 29.8 Å². The van der Waals surface area contributed by atoms with Gasteiger partial charge in [-0.25, -0.2) is 0 Å². The molecule has 2 aromatic rings. The van der Waals surface area contributed by atoms with Gasteiger partial charge in [0.25, 0.3) is 0 Å². The Morgan fingerprint density at radius 2 is 1.89 bits per heavy atom. The number of nitrogens with one attached hydrogen (secondary N) is 2. The molecule has 0 saturated carbocycles. The molecule has 0 aliphatic rings. The van der Waals surface area contributed by atoms with Gasteiger partial charge in [-0.05, 0) is 30.2 Å². The maximum atomic E-state index is 12.3. The average Bonchev–Trinajstić information content (AvgIpc) is 2.67. The van der Waals surface area contributed by atoms with Crippen molar-refractivity contribution in [2.24, 2.45) is 0 Å². The molecule has 0 saturated heterocycles. The minimum atomic E-state index is -0.122. The van der Waals surface area contributed by atoms with Gasteiger partial charge in [-0.2, -0.15) is 5.26 Å². The molecule has 28 heavy (non-hydrogen) atoms. The molecule has 0 heterocycles. The molecule has 1 atom stereocenters. The maximum Gasteiger partial charge on any atom is 0.234 e. The number of carbonyl (C=O) groups is 2. The Kier molecular flexibility index (Phi) is 8.19. The summed E-state index contributed by atoms with van der Waals surface area (Å²) in [5.74, 6) is -0.237. The van der Waals surface area contributed by atoms with Crippen LogP contribution >= 0.6 is 0 Å². The van der Waals surface area contributed by atoms with Crippen LogP contribution in [0.4, 0.5) is 5.69 Å². The summed E-state index contributed by atoms with van der Waals surface area (Å²) in [6.45, 7) is 4.69. The Balaban J connectivity index is 2.18. The van der Waals surface area contributed by atoms with E-state index in [2.05, 4.69) is 15.5 Å². The van der Waals surface area contributed by atoms with Gasteiger partial charge in [-0.1, -0.05) is 42.5 Å². The molecular formula is C22H26N4O2. The number of hydrogen-bond donors (Lipinski definition) is 2. The van der Waals surface area contributed by atoms with Gasteiger partial charge in [-0.15, -0.1) is 0 Å². The Hall–Kier alpha value is -3.17. The third-order valence-electron chi connectivity index (χ3n) is 4.37. The molecule has 146 valence electrons. The molecule has 2 N–H and O–H groups in total. The summed E-state index contributed by atoms with van der Waals surface area (Å²) in [6, 6.07) is 19.6. The predicted octanol–water partition coefficient (Wildman–Crippen LogP) is 3.24. The third-order valence-corrected chi connectivity index (χ3v) is 4.37. The number of hydrogen-bond acceptors (Lipinski definition) is 4. The summed E-state index contributed by atoms with van der Waals surface area (Å²) in [5.41, 5.74) is 2.85. The molecule has 0 unspecified atom stereocenters. The number of anilines is 1. The first kappa shape index (κ1) is 21.1. The molecule has 0 bridgehead atoms. The van der Waals surface area contributed by atoms with Crippen LogP contribution in [0.3, 0.4) is 0 Å². The maximum absolute atomic E-state index is 12.3. The lowest BCUT2D eigenvalue weighted by Gasteiger charge is -2.29. The average molecular weight is 378 g/mol. The second kappa shape index (κ2) is 10.9. The first-order valence-corrected chi connectivity index (χ1v) is 9.28. The van der Waals surface area contributed by atoms with Crippen LogP contribution < -0.4 is 10.6 Å². The van der Waals surface area contributed by atoms with Gasteiger partial charge in [-0.3, -0.25) is 14.5 Å². The molecule has 0 aliphatic carbocycles. The van der Waals surface area contributed by atoms with E-state index < -0.39 is 0 Å². The first-order valence-electron chi connectivity index (χ1n) is 9.28. The lowest BCUT2D eigenvalue weighted by molar-refractivity contribution is -0.123. The van der Waals surface area contributed by atoms with Crippen LogP contribution in [0.2, 0.25) is 0 Å². The standard InChI is InChI=1S/C22H26N4O2/c1-17(20-10-6-11-21(14-20)25-18(2)27)26(15-19-8-4-3-5-9-19)16-22(28)24-13-7-12-23/h3-6,8-11,14,17H,7,13,15-16H2,1-2H3,(H,24,28)(H,25,27)/t17-/m1/s1. The normalized spacial score (nSPS) is 11.5. The van der Waals surface area contributed by atoms with E-state index in [1.165, 1.54) is 6.92 Å². The fraction of sp³-hybridized carbons (Fsp3) is 0.318. The molecule has 6 heteroatoms. The third kappa shape index (κ3) is 6.86. The van der Waals surface area contributed by atoms with Gasteiger partial charge < -0.3 is 10.6 Å². The minimum Gasteiger partial charge on any atom is -0.354 e. The Labute approximate surface area is 166 Å². The molecule has 0 aliphatic heterocycles. The molecule has 0 fully saturated rings. The van der Waals surface area contributed by atoms with E-state index in [-0.39, 0.29) is 24.4 Å². The van der Waals surface area contributed by atoms with Crippen molar-refractivity contribution in [1.82, 2.24) is 10.2 Å². The van der Waals surface area contributed by atoms with Crippen LogP contribution in [-0.2, 0) is 16.1 Å². The number of nitriles is 1. The van der Waals surface area contributed by atoms with Gasteiger partial charge >= 0.3 is 0 Å². The van der Waals surface area contributed by atoms with Gasteiger partial charge in [0.05, 0.1) is 19.0 Å². The zero-order chi connectivity index (χ0) is 20.4. The highest BCUT2D eigenvalue weighted by atomic mass is 16.2. The van der Waals surface area contributed by atoms with Crippen LogP contribution in [0.25, 0.3) is 0 Å². The van der Waals surface area contributed by atoms with E-state index in [1.54, 1.807) is 0 Å². The summed E-state index contributed by atoms with van der Waals surface area (Å²) in [7, 11) is 0. The van der Waals surface area contributed by atoms with Gasteiger partial charge in [0.1, 0.15) is 0 Å². The van der Waals surface area contributed by atoms with E-state index in [0.717, 1.165) is 16.8 Å². The summed E-state index contributed by atoms with van der Waals surface area (Å²) in [5, 5.41) is 14.2. The Morgan fingerprint density at radius 1 is 1.14 bits per heavy atom. The van der Waals surface area contributed by atoms with Crippen LogP contribution in [0.5, 0.6) is 0 Å². The molecule has 0 spiro atoms. The summed E-state index contributed by atoms with van der Waals surface area (Å²) in [4.78, 5) is 25.8. The summed E-state index contributed by atoms with van der Waals surface area (Å²) >= 11 is 0. The zero-order valence-electron chi connectivity index (χ0n) is 16.3. The quantitative estimate of drug-likeness (QED) is 0.656. The first-order chi connectivity index (χ1) is 13.5. The molecule has 2 rings (SSSR count). The van der Waals surface area contributed by atoms with Crippen molar-refractivity contribution in [2.45, 2.75) is 32.9 Å². The monoisotopic (exact) mass is 378 g/mol. The van der Waals surface area contributed by atoms with Crippen molar-refractivity contribution in [3.63, 3.8) is 0 Å². The molecule has 6 nitrogen and oxygen atoms in total. The van der Waals surface area contributed by atoms with Crippen molar-refractivity contribution in [2.75, 3.05) is 18.4 Å². The molecular weight excluding hydrogens is 352 g/mol. The SMILES string of the molecule is CC(=O)Nc1cccc([C@@H](C)N(CC(=O)NCCC#N)Cc2ccccc2)c1. The topological polar surface area (TPSA) is 85.2 Å². The lowest BCUT2D eigenvalue weighted by Crippen LogP contribution is -2.38. The highest BCUT2D eigenvalue weighted by Gasteiger charge is 2.19. The highest BCUT2D eigenvalue weighted by Crippen LogP contribution is 2.24. The number of carbonyl (C=O) groups excluding carboxylic acids is 2. The predicted molar refractivity (Wildman–Crippen MR) is 109 cm³/mol. The van der Waals surface area contributed by atoms with E-state index >= 15 is 0 Å². The van der Waals surface area contributed by atoms with Gasteiger partial charge in [0, 0.05) is 31.7 Å². The largest absolute Gasteiger partial charge is 0.354 e. The second-order valence-electron chi connectivity index (χ2n) is 6.63. The number of amides is 2. The lowest BCUT2D eigenvalue weighted by atomic mass is 10.0. The minimum absolute atomic E-state index is 0.0457. The van der Waals surface area contributed by atoms with E-state index in [0.29, 0.717) is 19.5 Å². The Morgan fingerprint density at radius 3 is 2.57 bits per heavy atom. The molecule has 0 aromatic heterocycles. The smallest absolute Gasteiger partial charge is 0.234 e. The summed E-state index contributed by atoms with van der Waals surface area (Å²) in [6.07, 6.45) is 0.290. The van der Waals surface area contributed by atoms with Crippen LogP contribution in [0, 0.1) is 11.3 Å². The van der Waals surface area contributed by atoms with Crippen LogP contribution in [0.1, 0.15) is 37.4 Å². The highest BCUT2D eigenvalue weighted by molar-refractivity contribution is 5.88. The number of benzene rings is 2. The number of rotatable bonds is 9.